The van der Waals surface area contributed by atoms with Gasteiger partial charge in [0.1, 0.15) is 0 Å². The topological polar surface area (TPSA) is 53.2 Å². The molecule has 0 fully saturated rings. The second-order valence-corrected chi connectivity index (χ2v) is 8.55. The van der Waals surface area contributed by atoms with Crippen LogP contribution in [-0.4, -0.2) is 29.5 Å². The average molecular weight is 344 g/mol. The molecule has 0 unspecified atom stereocenters. The molecule has 4 nitrogen and oxygen atoms in total. The summed E-state index contributed by atoms with van der Waals surface area (Å²) in [6, 6.07) is 14.3. The fourth-order valence-electron chi connectivity index (χ4n) is 2.41. The first-order valence-electron chi connectivity index (χ1n) is 8.04. The van der Waals surface area contributed by atoms with E-state index in [2.05, 4.69) is 23.0 Å². The molecule has 2 aromatic rings. The molecule has 1 aromatic carbocycles. The minimum atomic E-state index is -3.44. The molecule has 0 aliphatic carbocycles. The van der Waals surface area contributed by atoms with E-state index in [1.165, 1.54) is 4.31 Å². The van der Waals surface area contributed by atoms with Gasteiger partial charge in [0, 0.05) is 36.0 Å². The molecule has 2 rings (SSSR count). The van der Waals surface area contributed by atoms with Crippen LogP contribution >= 0.6 is 0 Å². The summed E-state index contributed by atoms with van der Waals surface area (Å²) in [5.41, 5.74) is 4.08. The Morgan fingerprint density at radius 3 is 2.38 bits per heavy atom. The van der Waals surface area contributed by atoms with Crippen molar-refractivity contribution < 1.29 is 8.42 Å². The number of aromatic amines is 1. The Labute approximate surface area is 145 Å². The second kappa shape index (κ2) is 7.59. The van der Waals surface area contributed by atoms with Gasteiger partial charge in [0.15, 0.2) is 0 Å². The first-order chi connectivity index (χ1) is 11.3. The summed E-state index contributed by atoms with van der Waals surface area (Å²) in [5, 5.41) is -0.506. The van der Waals surface area contributed by atoms with E-state index in [1.54, 1.807) is 13.8 Å². The molecule has 128 valence electrons. The second-order valence-electron chi connectivity index (χ2n) is 6.13. The number of benzene rings is 1. The van der Waals surface area contributed by atoms with Gasteiger partial charge in [0.05, 0.1) is 5.25 Å². The number of H-pyrrole nitrogens is 1. The Hall–Kier alpha value is -2.19. The molecular formula is C19H24N2O2S. The lowest BCUT2D eigenvalue weighted by Crippen LogP contribution is -2.34. The molecule has 1 N–H and O–H groups in total. The van der Waals surface area contributed by atoms with Crippen molar-refractivity contribution in [1.29, 1.82) is 0 Å². The summed E-state index contributed by atoms with van der Waals surface area (Å²) in [6.45, 7) is 7.71. The van der Waals surface area contributed by atoms with Gasteiger partial charge in [-0.05, 0) is 57.4 Å². The fraction of sp³-hybridized carbons (Fsp3) is 0.368. The van der Waals surface area contributed by atoms with Gasteiger partial charge < -0.3 is 4.98 Å². The SMILES string of the molecule is Cc1cc(C)c(CCN(C#Cc2ccccc2)S(=O)(=O)C(C)C)[nH]1. The first kappa shape index (κ1) is 18.2. The molecule has 0 spiro atoms. The lowest BCUT2D eigenvalue weighted by atomic mass is 10.2. The van der Waals surface area contributed by atoms with Gasteiger partial charge in [-0.1, -0.05) is 18.2 Å². The summed E-state index contributed by atoms with van der Waals surface area (Å²) < 4.78 is 26.4. The predicted molar refractivity (Wildman–Crippen MR) is 98.1 cm³/mol. The summed E-state index contributed by atoms with van der Waals surface area (Å²) >= 11 is 0. The first-order valence-corrected chi connectivity index (χ1v) is 9.54. The number of aryl methyl sites for hydroxylation is 2. The van der Waals surface area contributed by atoms with Gasteiger partial charge >= 0.3 is 0 Å². The Morgan fingerprint density at radius 2 is 1.83 bits per heavy atom. The third kappa shape index (κ3) is 4.42. The molecule has 1 heterocycles. The Kier molecular flexibility index (Phi) is 5.74. The van der Waals surface area contributed by atoms with E-state index in [0.717, 1.165) is 22.5 Å². The van der Waals surface area contributed by atoms with Crippen molar-refractivity contribution in [2.45, 2.75) is 39.4 Å². The minimum absolute atomic E-state index is 0.334. The maximum atomic E-state index is 12.6. The van der Waals surface area contributed by atoms with Crippen molar-refractivity contribution in [3.63, 3.8) is 0 Å². The van der Waals surface area contributed by atoms with Crippen molar-refractivity contribution in [2.75, 3.05) is 6.54 Å². The number of hydrogen-bond donors (Lipinski definition) is 1. The molecule has 0 radical (unpaired) electrons. The number of hydrogen-bond acceptors (Lipinski definition) is 2. The smallest absolute Gasteiger partial charge is 0.244 e. The zero-order chi connectivity index (χ0) is 17.7. The number of nitrogens with one attached hydrogen (secondary N) is 1. The van der Waals surface area contributed by atoms with Crippen LogP contribution in [0.5, 0.6) is 0 Å². The molecule has 0 saturated carbocycles. The van der Waals surface area contributed by atoms with E-state index >= 15 is 0 Å². The highest BCUT2D eigenvalue weighted by molar-refractivity contribution is 7.89. The van der Waals surface area contributed by atoms with E-state index < -0.39 is 15.3 Å². The molecule has 1 aromatic heterocycles. The zero-order valence-corrected chi connectivity index (χ0v) is 15.4. The van der Waals surface area contributed by atoms with Gasteiger partial charge in [-0.25, -0.2) is 12.7 Å². The highest BCUT2D eigenvalue weighted by atomic mass is 32.2. The molecule has 0 bridgehead atoms. The van der Waals surface area contributed by atoms with Crippen molar-refractivity contribution in [1.82, 2.24) is 9.29 Å². The largest absolute Gasteiger partial charge is 0.362 e. The van der Waals surface area contributed by atoms with Crippen molar-refractivity contribution >= 4 is 10.0 Å². The highest BCUT2D eigenvalue weighted by Crippen LogP contribution is 2.13. The van der Waals surface area contributed by atoms with Crippen LogP contribution < -0.4 is 0 Å². The molecule has 0 amide bonds. The third-order valence-electron chi connectivity index (χ3n) is 3.82. The van der Waals surface area contributed by atoms with E-state index in [1.807, 2.05) is 44.2 Å². The quantitative estimate of drug-likeness (QED) is 0.669. The Morgan fingerprint density at radius 1 is 1.17 bits per heavy atom. The molecule has 0 saturated heterocycles. The predicted octanol–water partition coefficient (Wildman–Crippen LogP) is 3.22. The summed E-state index contributed by atoms with van der Waals surface area (Å²) in [4.78, 5) is 3.28. The Bertz CT molecular complexity index is 840. The van der Waals surface area contributed by atoms with Crippen LogP contribution in [0.3, 0.4) is 0 Å². The maximum Gasteiger partial charge on any atom is 0.244 e. The summed E-state index contributed by atoms with van der Waals surface area (Å²) in [5.74, 6) is 2.95. The summed E-state index contributed by atoms with van der Waals surface area (Å²) in [7, 11) is -3.44. The van der Waals surface area contributed by atoms with E-state index in [-0.39, 0.29) is 0 Å². The molecule has 0 aliphatic rings. The van der Waals surface area contributed by atoms with Crippen LogP contribution in [0, 0.1) is 25.8 Å². The highest BCUT2D eigenvalue weighted by Gasteiger charge is 2.23. The third-order valence-corrected chi connectivity index (χ3v) is 5.90. The lowest BCUT2D eigenvalue weighted by molar-refractivity contribution is 0.502. The fourth-order valence-corrected chi connectivity index (χ4v) is 3.43. The number of rotatable bonds is 5. The summed E-state index contributed by atoms with van der Waals surface area (Å²) in [6.07, 6.45) is 0.606. The number of aromatic nitrogens is 1. The molecule has 24 heavy (non-hydrogen) atoms. The van der Waals surface area contributed by atoms with Crippen molar-refractivity contribution in [2.24, 2.45) is 0 Å². The monoisotopic (exact) mass is 344 g/mol. The zero-order valence-electron chi connectivity index (χ0n) is 14.6. The van der Waals surface area contributed by atoms with Gasteiger partial charge in [0.2, 0.25) is 10.0 Å². The average Bonchev–Trinajstić information content (AvgIpc) is 2.85. The Balaban J connectivity index is 2.24. The van der Waals surface area contributed by atoms with E-state index in [4.69, 9.17) is 0 Å². The maximum absolute atomic E-state index is 12.6. The van der Waals surface area contributed by atoms with Crippen LogP contribution in [0.25, 0.3) is 0 Å². The molecule has 0 aliphatic heterocycles. The van der Waals surface area contributed by atoms with Gasteiger partial charge in [-0.2, -0.15) is 0 Å². The number of sulfonamides is 1. The molecule has 5 heteroatoms. The molecular weight excluding hydrogens is 320 g/mol. The normalized spacial score (nSPS) is 11.2. The van der Waals surface area contributed by atoms with Crippen LogP contribution in [0.2, 0.25) is 0 Å². The van der Waals surface area contributed by atoms with E-state index in [9.17, 15) is 8.42 Å². The minimum Gasteiger partial charge on any atom is -0.362 e. The lowest BCUT2D eigenvalue weighted by Gasteiger charge is -2.20. The van der Waals surface area contributed by atoms with Gasteiger partial charge in [-0.3, -0.25) is 0 Å². The van der Waals surface area contributed by atoms with Crippen LogP contribution in [0.4, 0.5) is 0 Å². The standard InChI is InChI=1S/C19H24N2O2S/c1-15(2)24(22,23)21(12-10-18-8-6-5-7-9-18)13-11-19-16(3)14-17(4)20-19/h5-9,14-15,20H,11,13H2,1-4H3. The number of nitrogens with zero attached hydrogens (tertiary/aromatic N) is 1. The van der Waals surface area contributed by atoms with Crippen molar-refractivity contribution in [3.8, 4) is 12.0 Å². The van der Waals surface area contributed by atoms with Crippen LogP contribution in [0.15, 0.2) is 36.4 Å². The van der Waals surface area contributed by atoms with Crippen LogP contribution in [-0.2, 0) is 16.4 Å². The van der Waals surface area contributed by atoms with Crippen LogP contribution in [0.1, 0.15) is 36.4 Å². The van der Waals surface area contributed by atoms with Crippen molar-refractivity contribution in [3.05, 3.63) is 58.9 Å². The molecule has 0 atom stereocenters. The van der Waals surface area contributed by atoms with Gasteiger partial charge in [-0.15, -0.1) is 0 Å². The van der Waals surface area contributed by atoms with Gasteiger partial charge in [0.25, 0.3) is 0 Å². The van der Waals surface area contributed by atoms with E-state index in [0.29, 0.717) is 13.0 Å².